The molecule has 0 N–H and O–H groups in total. The molecular formula is C21H44Sn. The van der Waals surface area contributed by atoms with Crippen molar-refractivity contribution < 1.29 is 0 Å². The summed E-state index contributed by atoms with van der Waals surface area (Å²) < 4.78 is 6.52. The monoisotopic (exact) mass is 416 g/mol. The van der Waals surface area contributed by atoms with Gasteiger partial charge in [-0.05, 0) is 0 Å². The van der Waals surface area contributed by atoms with Crippen molar-refractivity contribution in [1.29, 1.82) is 0 Å². The summed E-state index contributed by atoms with van der Waals surface area (Å²) in [4.78, 5) is 0. The van der Waals surface area contributed by atoms with Crippen LogP contribution in [0.25, 0.3) is 0 Å². The fourth-order valence-corrected chi connectivity index (χ4v) is 23.3. The average Bonchev–Trinajstić information content (AvgIpc) is 2.56. The SMILES string of the molecule is CCCC[CH2][Sn]([CH2]CCCC)([CH2]CCCC)[CH]1CCCCC1. The van der Waals surface area contributed by atoms with Crippen molar-refractivity contribution in [1.82, 2.24) is 0 Å². The third kappa shape index (κ3) is 7.58. The van der Waals surface area contributed by atoms with Crippen LogP contribution in [0.4, 0.5) is 0 Å². The zero-order valence-electron chi connectivity index (χ0n) is 16.1. The third-order valence-electron chi connectivity index (χ3n) is 6.31. The summed E-state index contributed by atoms with van der Waals surface area (Å²) >= 11 is -1.89. The minimum atomic E-state index is -1.89. The predicted octanol–water partition coefficient (Wildman–Crippen LogP) is 8.34. The molecule has 1 aliphatic carbocycles. The van der Waals surface area contributed by atoms with E-state index in [2.05, 4.69) is 20.8 Å². The second-order valence-electron chi connectivity index (χ2n) is 8.07. The van der Waals surface area contributed by atoms with Gasteiger partial charge < -0.3 is 0 Å². The summed E-state index contributed by atoms with van der Waals surface area (Å²) in [5.41, 5.74) is 0. The van der Waals surface area contributed by atoms with E-state index in [0.717, 1.165) is 0 Å². The van der Waals surface area contributed by atoms with E-state index in [-0.39, 0.29) is 0 Å². The molecule has 0 heterocycles. The normalized spacial score (nSPS) is 17.0. The molecule has 0 aromatic heterocycles. The third-order valence-corrected chi connectivity index (χ3v) is 24.5. The van der Waals surface area contributed by atoms with Crippen LogP contribution >= 0.6 is 0 Å². The van der Waals surface area contributed by atoms with Crippen LogP contribution in [-0.2, 0) is 0 Å². The molecule has 0 spiro atoms. The Hall–Kier alpha value is 0.799. The van der Waals surface area contributed by atoms with Crippen molar-refractivity contribution >= 4 is 18.4 Å². The number of hydrogen-bond acceptors (Lipinski definition) is 0. The van der Waals surface area contributed by atoms with E-state index < -0.39 is 18.4 Å². The molecule has 1 saturated carbocycles. The van der Waals surface area contributed by atoms with E-state index in [9.17, 15) is 0 Å². The van der Waals surface area contributed by atoms with Crippen molar-refractivity contribution in [3.8, 4) is 0 Å². The Balaban J connectivity index is 2.72. The van der Waals surface area contributed by atoms with Gasteiger partial charge in [-0.2, -0.15) is 0 Å². The van der Waals surface area contributed by atoms with Gasteiger partial charge in [-0.15, -0.1) is 0 Å². The molecule has 0 radical (unpaired) electrons. The Morgan fingerprint density at radius 1 is 0.591 bits per heavy atom. The van der Waals surface area contributed by atoms with E-state index in [4.69, 9.17) is 0 Å². The van der Waals surface area contributed by atoms with Gasteiger partial charge in [0.05, 0.1) is 0 Å². The molecule has 0 unspecified atom stereocenters. The maximum atomic E-state index is 2.38. The molecule has 0 aromatic rings. The molecular weight excluding hydrogens is 371 g/mol. The molecule has 1 aliphatic rings. The van der Waals surface area contributed by atoms with Crippen molar-refractivity contribution in [2.24, 2.45) is 0 Å². The predicted molar refractivity (Wildman–Crippen MR) is 106 cm³/mol. The van der Waals surface area contributed by atoms with Crippen LogP contribution in [0.5, 0.6) is 0 Å². The number of hydrogen-bond donors (Lipinski definition) is 0. The fourth-order valence-electron chi connectivity index (χ4n) is 4.88. The first-order valence-corrected chi connectivity index (χ1v) is 18.5. The first kappa shape index (κ1) is 20.8. The fraction of sp³-hybridized carbons (Fsp3) is 1.00. The second-order valence-corrected chi connectivity index (χ2v) is 22.5. The van der Waals surface area contributed by atoms with Gasteiger partial charge >= 0.3 is 146 Å². The van der Waals surface area contributed by atoms with E-state index in [1.165, 1.54) is 48.9 Å². The summed E-state index contributed by atoms with van der Waals surface area (Å²) in [7, 11) is 0. The molecule has 1 heteroatoms. The minimum absolute atomic E-state index is 1.27. The first-order chi connectivity index (χ1) is 10.8. The maximum absolute atomic E-state index is 2.38. The average molecular weight is 415 g/mol. The number of rotatable bonds is 13. The van der Waals surface area contributed by atoms with E-state index in [1.54, 1.807) is 58.3 Å². The van der Waals surface area contributed by atoms with Crippen molar-refractivity contribution in [3.63, 3.8) is 0 Å². The summed E-state index contributed by atoms with van der Waals surface area (Å²) in [5, 5.41) is 0. The van der Waals surface area contributed by atoms with Crippen molar-refractivity contribution in [2.45, 2.75) is 128 Å². The van der Waals surface area contributed by atoms with Gasteiger partial charge in [-0.25, -0.2) is 0 Å². The topological polar surface area (TPSA) is 0 Å². The Kier molecular flexibility index (Phi) is 12.4. The number of unbranched alkanes of at least 4 members (excludes halogenated alkanes) is 6. The molecule has 0 aromatic carbocycles. The molecule has 1 fully saturated rings. The molecule has 0 saturated heterocycles. The van der Waals surface area contributed by atoms with Gasteiger partial charge in [-0.1, -0.05) is 0 Å². The molecule has 0 atom stereocenters. The van der Waals surface area contributed by atoms with Gasteiger partial charge in [0.1, 0.15) is 0 Å². The van der Waals surface area contributed by atoms with Crippen LogP contribution in [0.1, 0.15) is 111 Å². The summed E-state index contributed by atoms with van der Waals surface area (Å²) in [6.07, 6.45) is 21.5. The molecule has 0 amide bonds. The Morgan fingerprint density at radius 3 is 1.36 bits per heavy atom. The Labute approximate surface area is 146 Å². The molecule has 0 nitrogen and oxygen atoms in total. The zero-order valence-corrected chi connectivity index (χ0v) is 19.0. The van der Waals surface area contributed by atoms with Gasteiger partial charge in [0.25, 0.3) is 0 Å². The standard InChI is InChI=1S/C6H11.3C5H11.Sn/c1-2-4-6-5-3-1;3*1-3-5-4-2;/h1H,2-6H2;3*1,3-5H2,2H3;. The quantitative estimate of drug-likeness (QED) is 0.209. The zero-order chi connectivity index (χ0) is 16.1. The van der Waals surface area contributed by atoms with Crippen LogP contribution in [0, 0.1) is 0 Å². The van der Waals surface area contributed by atoms with Crippen LogP contribution in [-0.4, -0.2) is 18.4 Å². The van der Waals surface area contributed by atoms with E-state index in [1.807, 2.05) is 0 Å². The van der Waals surface area contributed by atoms with Crippen LogP contribution in [0.2, 0.25) is 17.2 Å². The van der Waals surface area contributed by atoms with Crippen molar-refractivity contribution in [2.75, 3.05) is 0 Å². The molecule has 22 heavy (non-hydrogen) atoms. The molecule has 132 valence electrons. The molecule has 0 bridgehead atoms. The summed E-state index contributed by atoms with van der Waals surface area (Å²) in [5.74, 6) is 0. The summed E-state index contributed by atoms with van der Waals surface area (Å²) in [6, 6.07) is 0. The van der Waals surface area contributed by atoms with Gasteiger partial charge in [-0.3, -0.25) is 0 Å². The van der Waals surface area contributed by atoms with Crippen LogP contribution < -0.4 is 0 Å². The Bertz CT molecular complexity index is 216. The van der Waals surface area contributed by atoms with Gasteiger partial charge in [0, 0.05) is 0 Å². The van der Waals surface area contributed by atoms with Gasteiger partial charge in [0.2, 0.25) is 0 Å². The van der Waals surface area contributed by atoms with Crippen LogP contribution in [0.15, 0.2) is 0 Å². The first-order valence-electron chi connectivity index (χ1n) is 10.8. The van der Waals surface area contributed by atoms with Gasteiger partial charge in [0.15, 0.2) is 0 Å². The second kappa shape index (κ2) is 13.1. The Morgan fingerprint density at radius 2 is 1.00 bits per heavy atom. The van der Waals surface area contributed by atoms with Crippen molar-refractivity contribution in [3.05, 3.63) is 0 Å². The summed E-state index contributed by atoms with van der Waals surface area (Å²) in [6.45, 7) is 7.14. The molecule has 0 aliphatic heterocycles. The van der Waals surface area contributed by atoms with E-state index >= 15 is 0 Å². The van der Waals surface area contributed by atoms with E-state index in [0.29, 0.717) is 0 Å². The molecule has 1 rings (SSSR count). The van der Waals surface area contributed by atoms with Crippen LogP contribution in [0.3, 0.4) is 0 Å².